The Balaban J connectivity index is 1.03. The zero-order valence-electron chi connectivity index (χ0n) is 25.5. The molecule has 1 N–H and O–H groups in total. The SMILES string of the molecule is COc1ccc(CN2C(=O)COc3ccc(N4C(=O)O[C@H]5C[C@H](NCCn6c(=O)ccc7ccc(OC)nc76)CC[C@H]54)nc32)cc1. The second-order valence-corrected chi connectivity index (χ2v) is 11.5. The van der Waals surface area contributed by atoms with Gasteiger partial charge in [0.25, 0.3) is 11.5 Å². The third kappa shape index (κ3) is 5.58. The van der Waals surface area contributed by atoms with Crippen molar-refractivity contribution in [2.24, 2.45) is 0 Å². The monoisotopic (exact) mass is 626 g/mol. The van der Waals surface area contributed by atoms with Gasteiger partial charge in [-0.3, -0.25) is 24.0 Å². The van der Waals surface area contributed by atoms with E-state index < -0.39 is 6.09 Å². The number of amides is 2. The summed E-state index contributed by atoms with van der Waals surface area (Å²) in [4.78, 5) is 51.2. The zero-order valence-corrected chi connectivity index (χ0v) is 25.5. The predicted molar refractivity (Wildman–Crippen MR) is 169 cm³/mol. The first kappa shape index (κ1) is 29.5. The summed E-state index contributed by atoms with van der Waals surface area (Å²) in [5.41, 5.74) is 1.35. The summed E-state index contributed by atoms with van der Waals surface area (Å²) in [5, 5.41) is 4.40. The normalized spacial score (nSPS) is 20.6. The molecule has 238 valence electrons. The van der Waals surface area contributed by atoms with Crippen LogP contribution in [0.25, 0.3) is 11.0 Å². The van der Waals surface area contributed by atoms with Gasteiger partial charge in [0.1, 0.15) is 23.3 Å². The van der Waals surface area contributed by atoms with Crippen LogP contribution in [0, 0.1) is 0 Å². The Labute approximate surface area is 264 Å². The minimum Gasteiger partial charge on any atom is -0.497 e. The lowest BCUT2D eigenvalue weighted by Crippen LogP contribution is -2.47. The van der Waals surface area contributed by atoms with Crippen LogP contribution in [0.15, 0.2) is 65.5 Å². The minimum absolute atomic E-state index is 0.0884. The molecule has 46 heavy (non-hydrogen) atoms. The average molecular weight is 627 g/mol. The zero-order chi connectivity index (χ0) is 31.8. The maximum absolute atomic E-state index is 13.2. The molecule has 1 aromatic carbocycles. The fourth-order valence-electron chi connectivity index (χ4n) is 6.44. The number of anilines is 2. The Morgan fingerprint density at radius 1 is 0.935 bits per heavy atom. The van der Waals surface area contributed by atoms with Gasteiger partial charge in [-0.2, -0.15) is 4.98 Å². The predicted octanol–water partition coefficient (Wildman–Crippen LogP) is 3.27. The van der Waals surface area contributed by atoms with Crippen LogP contribution < -0.4 is 34.9 Å². The summed E-state index contributed by atoms with van der Waals surface area (Å²) < 4.78 is 23.7. The minimum atomic E-state index is -0.463. The number of carbonyl (C=O) groups excluding carboxylic acids is 2. The quantitative estimate of drug-likeness (QED) is 0.295. The second-order valence-electron chi connectivity index (χ2n) is 11.5. The van der Waals surface area contributed by atoms with Gasteiger partial charge >= 0.3 is 6.09 Å². The van der Waals surface area contributed by atoms with E-state index in [1.165, 1.54) is 0 Å². The van der Waals surface area contributed by atoms with Crippen LogP contribution in [-0.4, -0.2) is 72.1 Å². The molecule has 1 saturated carbocycles. The summed E-state index contributed by atoms with van der Waals surface area (Å²) >= 11 is 0. The van der Waals surface area contributed by atoms with Gasteiger partial charge < -0.3 is 24.3 Å². The van der Waals surface area contributed by atoms with Crippen molar-refractivity contribution in [3.63, 3.8) is 0 Å². The molecule has 5 heterocycles. The molecular formula is C33H34N6O7. The fraction of sp³-hybridized carbons (Fsp3) is 0.364. The largest absolute Gasteiger partial charge is 0.497 e. The molecule has 3 atom stereocenters. The smallest absolute Gasteiger partial charge is 0.416 e. The maximum Gasteiger partial charge on any atom is 0.416 e. The van der Waals surface area contributed by atoms with E-state index in [1.807, 2.05) is 30.3 Å². The molecule has 0 radical (unpaired) electrons. The van der Waals surface area contributed by atoms with Crippen molar-refractivity contribution in [1.82, 2.24) is 19.9 Å². The number of rotatable bonds is 9. The molecule has 1 aliphatic carbocycles. The third-order valence-electron chi connectivity index (χ3n) is 8.80. The van der Waals surface area contributed by atoms with E-state index in [0.29, 0.717) is 61.4 Å². The molecule has 13 nitrogen and oxygen atoms in total. The molecule has 7 rings (SSSR count). The number of ether oxygens (including phenoxy) is 4. The molecular weight excluding hydrogens is 592 g/mol. The van der Waals surface area contributed by atoms with Gasteiger partial charge in [-0.1, -0.05) is 12.1 Å². The number of pyridine rings is 3. The summed E-state index contributed by atoms with van der Waals surface area (Å²) in [6.45, 7) is 1.19. The highest BCUT2D eigenvalue weighted by Crippen LogP contribution is 2.39. The number of hydrogen-bond acceptors (Lipinski definition) is 10. The topological polar surface area (TPSA) is 137 Å². The number of benzene rings is 1. The second kappa shape index (κ2) is 12.3. The lowest BCUT2D eigenvalue weighted by Gasteiger charge is -2.34. The van der Waals surface area contributed by atoms with Crippen LogP contribution in [0.1, 0.15) is 24.8 Å². The maximum atomic E-state index is 13.2. The number of aromatic nitrogens is 3. The summed E-state index contributed by atoms with van der Waals surface area (Å²) in [6, 6.07) is 17.8. The van der Waals surface area contributed by atoms with E-state index >= 15 is 0 Å². The Kier molecular flexibility index (Phi) is 7.91. The molecule has 2 amide bonds. The number of nitrogens with one attached hydrogen (secondary N) is 1. The Hall–Kier alpha value is -5.17. The summed E-state index contributed by atoms with van der Waals surface area (Å²) in [6.07, 6.45) is 1.34. The highest BCUT2D eigenvalue weighted by molar-refractivity contribution is 5.97. The van der Waals surface area contributed by atoms with Crippen molar-refractivity contribution in [3.05, 3.63) is 76.6 Å². The van der Waals surface area contributed by atoms with E-state index in [2.05, 4.69) is 10.3 Å². The van der Waals surface area contributed by atoms with Gasteiger partial charge in [0.05, 0.1) is 26.8 Å². The molecule has 3 aromatic heterocycles. The van der Waals surface area contributed by atoms with Crippen molar-refractivity contribution in [2.75, 3.05) is 37.2 Å². The van der Waals surface area contributed by atoms with Crippen LogP contribution in [-0.2, 0) is 22.6 Å². The Morgan fingerprint density at radius 2 is 1.76 bits per heavy atom. The van der Waals surface area contributed by atoms with E-state index in [-0.39, 0.29) is 36.3 Å². The first-order valence-electron chi connectivity index (χ1n) is 15.3. The van der Waals surface area contributed by atoms with Crippen molar-refractivity contribution < 1.29 is 28.5 Å². The fourth-order valence-corrected chi connectivity index (χ4v) is 6.44. The van der Waals surface area contributed by atoms with Crippen molar-refractivity contribution in [2.45, 2.75) is 50.5 Å². The average Bonchev–Trinajstić information content (AvgIpc) is 3.41. The van der Waals surface area contributed by atoms with Gasteiger partial charge in [0.15, 0.2) is 18.2 Å². The number of hydrogen-bond donors (Lipinski definition) is 1. The number of methoxy groups -OCH3 is 2. The third-order valence-corrected chi connectivity index (χ3v) is 8.80. The first-order chi connectivity index (χ1) is 22.4. The number of fused-ring (bicyclic) bond motifs is 3. The van der Waals surface area contributed by atoms with Crippen molar-refractivity contribution in [3.8, 4) is 17.4 Å². The Morgan fingerprint density at radius 3 is 2.57 bits per heavy atom. The molecule has 13 heteroatoms. The molecule has 0 unspecified atom stereocenters. The summed E-state index contributed by atoms with van der Waals surface area (Å²) in [5.74, 6) is 2.22. The van der Waals surface area contributed by atoms with Crippen LogP contribution in [0.2, 0.25) is 0 Å². The van der Waals surface area contributed by atoms with Gasteiger partial charge in [-0.05, 0) is 54.8 Å². The Bertz CT molecular complexity index is 1850. The molecule has 0 bridgehead atoms. The van der Waals surface area contributed by atoms with Crippen molar-refractivity contribution in [1.29, 1.82) is 0 Å². The lowest BCUT2D eigenvalue weighted by molar-refractivity contribution is -0.121. The van der Waals surface area contributed by atoms with E-state index in [1.54, 1.807) is 58.9 Å². The molecule has 2 fully saturated rings. The van der Waals surface area contributed by atoms with E-state index in [4.69, 9.17) is 23.9 Å². The molecule has 0 spiro atoms. The number of nitrogens with zero attached hydrogens (tertiary/aromatic N) is 5. The van der Waals surface area contributed by atoms with Gasteiger partial charge in [0.2, 0.25) is 5.88 Å². The summed E-state index contributed by atoms with van der Waals surface area (Å²) in [7, 11) is 3.15. The van der Waals surface area contributed by atoms with Crippen LogP contribution in [0.5, 0.6) is 17.4 Å². The van der Waals surface area contributed by atoms with Gasteiger partial charge in [-0.25, -0.2) is 9.78 Å². The van der Waals surface area contributed by atoms with E-state index in [0.717, 1.165) is 23.1 Å². The van der Waals surface area contributed by atoms with Crippen LogP contribution >= 0.6 is 0 Å². The van der Waals surface area contributed by atoms with Gasteiger partial charge in [-0.15, -0.1) is 0 Å². The van der Waals surface area contributed by atoms with E-state index in [9.17, 15) is 14.4 Å². The van der Waals surface area contributed by atoms with Gasteiger partial charge in [0, 0.05) is 43.1 Å². The van der Waals surface area contributed by atoms with Crippen LogP contribution in [0.4, 0.5) is 16.4 Å². The first-order valence-corrected chi connectivity index (χ1v) is 15.3. The highest BCUT2D eigenvalue weighted by Gasteiger charge is 2.47. The number of carbonyl (C=O) groups is 2. The standard InChI is InChI=1S/C33H34N6O7/c1-43-23-8-3-20(4-9-23)18-38-30(41)19-45-25-11-12-27(35-32(25)38)39-24-10-7-22(17-26(24)46-33(39)42)34-15-16-37-29(40)14-6-21-5-13-28(44-2)36-31(21)37/h3-6,8-9,11-14,22,24,26,34H,7,10,15-19H2,1-2H3/t22-,24-,26+/m1/s1. The molecule has 2 aliphatic heterocycles. The van der Waals surface area contributed by atoms with Crippen LogP contribution in [0.3, 0.4) is 0 Å². The van der Waals surface area contributed by atoms with Crippen molar-refractivity contribution >= 4 is 34.7 Å². The molecule has 3 aliphatic rings. The highest BCUT2D eigenvalue weighted by atomic mass is 16.6. The molecule has 1 saturated heterocycles. The molecule has 4 aromatic rings. The lowest BCUT2D eigenvalue weighted by atomic mass is 9.88.